The topological polar surface area (TPSA) is 87.6 Å². The van der Waals surface area contributed by atoms with Crippen LogP contribution in [0.2, 0.25) is 0 Å². The number of nitrogens with zero attached hydrogens (tertiary/aromatic N) is 5. The standard InChI is InChI=1S/C24H22FN7OS/c25-21-16-27-24(30-23(21)32-8-10-33-11-9-32)31-28-15-19-6-7-20(14-26-19)29-18-4-1-3-17(13-18)22-5-2-12-34-22/h1-7,12-16,29H,8-11H2,(H,27,30,31)/b28-15+. The van der Waals surface area contributed by atoms with Crippen LogP contribution in [0.25, 0.3) is 10.4 Å². The first kappa shape index (κ1) is 21.9. The number of rotatable bonds is 7. The molecule has 0 radical (unpaired) electrons. The van der Waals surface area contributed by atoms with Crippen LogP contribution in [-0.4, -0.2) is 47.5 Å². The van der Waals surface area contributed by atoms with Gasteiger partial charge >= 0.3 is 0 Å². The van der Waals surface area contributed by atoms with Crippen LogP contribution in [0.3, 0.4) is 0 Å². The van der Waals surface area contributed by atoms with E-state index < -0.39 is 5.82 Å². The molecule has 0 amide bonds. The fraction of sp³-hybridized carbons (Fsp3) is 0.167. The van der Waals surface area contributed by atoms with Crippen LogP contribution in [0.5, 0.6) is 0 Å². The van der Waals surface area contributed by atoms with Crippen LogP contribution >= 0.6 is 11.3 Å². The van der Waals surface area contributed by atoms with Gasteiger partial charge in [-0.2, -0.15) is 10.1 Å². The fourth-order valence-electron chi connectivity index (χ4n) is 3.48. The van der Waals surface area contributed by atoms with Gasteiger partial charge in [-0.15, -0.1) is 11.3 Å². The SMILES string of the molecule is Fc1cnc(N/N=C/c2ccc(Nc3cccc(-c4cccs4)c3)cn2)nc1N1CCOCC1. The minimum absolute atomic E-state index is 0.211. The quantitative estimate of drug-likeness (QED) is 0.294. The molecule has 1 saturated heterocycles. The van der Waals surface area contributed by atoms with E-state index in [1.807, 2.05) is 35.2 Å². The van der Waals surface area contributed by atoms with E-state index in [4.69, 9.17) is 4.74 Å². The molecule has 1 aliphatic rings. The minimum Gasteiger partial charge on any atom is -0.378 e. The Hall–Kier alpha value is -3.89. The lowest BCUT2D eigenvalue weighted by Crippen LogP contribution is -2.37. The summed E-state index contributed by atoms with van der Waals surface area (Å²) in [7, 11) is 0. The molecule has 34 heavy (non-hydrogen) atoms. The second kappa shape index (κ2) is 10.4. The predicted molar refractivity (Wildman–Crippen MR) is 134 cm³/mol. The average molecular weight is 476 g/mol. The van der Waals surface area contributed by atoms with Crippen LogP contribution < -0.4 is 15.6 Å². The summed E-state index contributed by atoms with van der Waals surface area (Å²) in [5, 5.41) is 9.57. The molecule has 0 bridgehead atoms. The van der Waals surface area contributed by atoms with Crippen LogP contribution in [0.4, 0.5) is 27.5 Å². The summed E-state index contributed by atoms with van der Waals surface area (Å²) in [4.78, 5) is 15.7. The smallest absolute Gasteiger partial charge is 0.245 e. The monoisotopic (exact) mass is 475 g/mol. The lowest BCUT2D eigenvalue weighted by Gasteiger charge is -2.27. The van der Waals surface area contributed by atoms with E-state index in [0.29, 0.717) is 32.0 Å². The second-order valence-electron chi connectivity index (χ2n) is 7.49. The number of morpholine rings is 1. The molecule has 8 nitrogen and oxygen atoms in total. The molecule has 0 spiro atoms. The Bertz CT molecular complexity index is 1260. The van der Waals surface area contributed by atoms with Crippen LogP contribution in [0.15, 0.2) is 71.4 Å². The number of ether oxygens (including phenoxy) is 1. The third kappa shape index (κ3) is 5.36. The largest absolute Gasteiger partial charge is 0.378 e. The number of hydrazone groups is 1. The van der Waals surface area contributed by atoms with Crippen molar-refractivity contribution in [2.45, 2.75) is 0 Å². The molecule has 0 atom stereocenters. The van der Waals surface area contributed by atoms with Gasteiger partial charge < -0.3 is 15.0 Å². The van der Waals surface area contributed by atoms with E-state index in [2.05, 4.69) is 54.4 Å². The summed E-state index contributed by atoms with van der Waals surface area (Å²) in [6, 6.07) is 16.2. The molecule has 4 heterocycles. The zero-order chi connectivity index (χ0) is 23.2. The highest BCUT2D eigenvalue weighted by atomic mass is 32.1. The molecule has 10 heteroatoms. The zero-order valence-electron chi connectivity index (χ0n) is 18.2. The highest BCUT2D eigenvalue weighted by Gasteiger charge is 2.17. The van der Waals surface area contributed by atoms with Crippen LogP contribution in [-0.2, 0) is 4.74 Å². The van der Waals surface area contributed by atoms with E-state index in [9.17, 15) is 4.39 Å². The van der Waals surface area contributed by atoms with E-state index in [1.54, 1.807) is 23.7 Å². The van der Waals surface area contributed by atoms with E-state index in [0.717, 1.165) is 17.6 Å². The van der Waals surface area contributed by atoms with Crippen molar-refractivity contribution in [3.8, 4) is 10.4 Å². The Kier molecular flexibility index (Phi) is 6.68. The van der Waals surface area contributed by atoms with Crippen molar-refractivity contribution >= 4 is 40.7 Å². The lowest BCUT2D eigenvalue weighted by molar-refractivity contribution is 0.122. The first-order chi connectivity index (χ1) is 16.7. The third-order valence-electron chi connectivity index (χ3n) is 5.14. The van der Waals surface area contributed by atoms with Gasteiger partial charge in [-0.25, -0.2) is 14.8 Å². The van der Waals surface area contributed by atoms with Crippen molar-refractivity contribution < 1.29 is 9.13 Å². The van der Waals surface area contributed by atoms with Crippen molar-refractivity contribution in [3.63, 3.8) is 0 Å². The van der Waals surface area contributed by atoms with E-state index in [1.165, 1.54) is 10.4 Å². The number of thiophene rings is 1. The molecule has 0 saturated carbocycles. The molecule has 0 unspecified atom stereocenters. The molecule has 5 rings (SSSR count). The zero-order valence-corrected chi connectivity index (χ0v) is 19.0. The number of halogens is 1. The predicted octanol–water partition coefficient (Wildman–Crippen LogP) is 4.77. The molecule has 1 aliphatic heterocycles. The summed E-state index contributed by atoms with van der Waals surface area (Å²) in [6.07, 6.45) is 4.44. The number of pyridine rings is 1. The van der Waals surface area contributed by atoms with Gasteiger partial charge in [-0.05, 0) is 41.3 Å². The Balaban J connectivity index is 1.20. The first-order valence-corrected chi connectivity index (χ1v) is 11.6. The number of hydrogen-bond acceptors (Lipinski definition) is 9. The summed E-state index contributed by atoms with van der Waals surface area (Å²) in [5.41, 5.74) is 6.42. The lowest BCUT2D eigenvalue weighted by atomic mass is 10.1. The highest BCUT2D eigenvalue weighted by molar-refractivity contribution is 7.13. The van der Waals surface area contributed by atoms with Gasteiger partial charge in [0.05, 0.1) is 43.2 Å². The van der Waals surface area contributed by atoms with Crippen LogP contribution in [0, 0.1) is 5.82 Å². The maximum absolute atomic E-state index is 14.1. The minimum atomic E-state index is -0.470. The van der Waals surface area contributed by atoms with E-state index in [-0.39, 0.29) is 11.8 Å². The molecule has 1 fully saturated rings. The summed E-state index contributed by atoms with van der Waals surface area (Å²) in [5.74, 6) is -0.0159. The maximum atomic E-state index is 14.1. The van der Waals surface area contributed by atoms with E-state index >= 15 is 0 Å². The molecule has 0 aliphatic carbocycles. The first-order valence-electron chi connectivity index (χ1n) is 10.8. The Labute approximate surface area is 200 Å². The molecule has 3 aromatic heterocycles. The Morgan fingerprint density at radius 2 is 1.94 bits per heavy atom. The molecule has 172 valence electrons. The van der Waals surface area contributed by atoms with Crippen molar-refractivity contribution in [2.75, 3.05) is 41.9 Å². The third-order valence-corrected chi connectivity index (χ3v) is 6.06. The second-order valence-corrected chi connectivity index (χ2v) is 8.44. The van der Waals surface area contributed by atoms with Crippen molar-refractivity contribution in [1.82, 2.24) is 15.0 Å². The van der Waals surface area contributed by atoms with Gasteiger partial charge in [0, 0.05) is 23.7 Å². The molecule has 4 aromatic rings. The molecule has 1 aromatic carbocycles. The Morgan fingerprint density at radius 3 is 2.74 bits per heavy atom. The number of aromatic nitrogens is 3. The van der Waals surface area contributed by atoms with Crippen molar-refractivity contribution in [1.29, 1.82) is 0 Å². The van der Waals surface area contributed by atoms with Gasteiger partial charge in [0.15, 0.2) is 11.6 Å². The molecular formula is C24H22FN7OS. The number of hydrogen-bond donors (Lipinski definition) is 2. The summed E-state index contributed by atoms with van der Waals surface area (Å²) in [6.45, 7) is 2.25. The van der Waals surface area contributed by atoms with Gasteiger partial charge in [0.25, 0.3) is 0 Å². The van der Waals surface area contributed by atoms with Gasteiger partial charge in [-0.3, -0.25) is 4.98 Å². The number of anilines is 4. The van der Waals surface area contributed by atoms with Crippen LogP contribution in [0.1, 0.15) is 5.69 Å². The maximum Gasteiger partial charge on any atom is 0.245 e. The molecular weight excluding hydrogens is 453 g/mol. The Morgan fingerprint density at radius 1 is 1.03 bits per heavy atom. The highest BCUT2D eigenvalue weighted by Crippen LogP contribution is 2.28. The number of benzene rings is 1. The summed E-state index contributed by atoms with van der Waals surface area (Å²) >= 11 is 1.71. The number of nitrogens with one attached hydrogen (secondary N) is 2. The van der Waals surface area contributed by atoms with Crippen molar-refractivity contribution in [2.24, 2.45) is 5.10 Å². The fourth-order valence-corrected chi connectivity index (χ4v) is 4.20. The van der Waals surface area contributed by atoms with Crippen molar-refractivity contribution in [3.05, 3.63) is 77.8 Å². The van der Waals surface area contributed by atoms with Gasteiger partial charge in [-0.1, -0.05) is 18.2 Å². The molecule has 2 N–H and O–H groups in total. The normalized spacial score (nSPS) is 13.9. The summed E-state index contributed by atoms with van der Waals surface area (Å²) < 4.78 is 19.4. The van der Waals surface area contributed by atoms with Gasteiger partial charge in [0.1, 0.15) is 0 Å². The average Bonchev–Trinajstić information content (AvgIpc) is 3.42. The van der Waals surface area contributed by atoms with Gasteiger partial charge in [0.2, 0.25) is 5.95 Å².